The molecule has 0 radical (unpaired) electrons. The average Bonchev–Trinajstić information content (AvgIpc) is 2.57. The number of hydrogen-bond acceptors (Lipinski definition) is 4. The summed E-state index contributed by atoms with van der Waals surface area (Å²) in [4.78, 5) is 24.6. The number of ether oxygens (including phenoxy) is 2. The summed E-state index contributed by atoms with van der Waals surface area (Å²) in [6.45, 7) is 5.38. The van der Waals surface area contributed by atoms with E-state index in [1.807, 2.05) is 32.0 Å². The summed E-state index contributed by atoms with van der Waals surface area (Å²) in [6, 6.07) is 10.3. The fourth-order valence-electron chi connectivity index (χ4n) is 2.31. The van der Waals surface area contributed by atoms with E-state index in [4.69, 9.17) is 21.1 Å². The zero-order valence-corrected chi connectivity index (χ0v) is 15.3. The Morgan fingerprint density at radius 3 is 2.48 bits per heavy atom. The Morgan fingerprint density at radius 1 is 1.12 bits per heavy atom. The van der Waals surface area contributed by atoms with E-state index >= 15 is 0 Å². The summed E-state index contributed by atoms with van der Waals surface area (Å²) in [6.07, 6.45) is -0.975. The largest absolute Gasteiger partial charge is 0.496 e. The highest BCUT2D eigenvalue weighted by Gasteiger charge is 2.22. The maximum atomic E-state index is 12.3. The molecule has 2 aromatic carbocycles. The van der Waals surface area contributed by atoms with Crippen LogP contribution >= 0.6 is 11.6 Å². The molecule has 25 heavy (non-hydrogen) atoms. The van der Waals surface area contributed by atoms with E-state index in [2.05, 4.69) is 5.32 Å². The molecule has 0 aliphatic heterocycles. The number of anilines is 1. The monoisotopic (exact) mass is 361 g/mol. The van der Waals surface area contributed by atoms with Gasteiger partial charge in [0, 0.05) is 10.7 Å². The Labute approximate surface area is 151 Å². The van der Waals surface area contributed by atoms with Gasteiger partial charge in [-0.3, -0.25) is 4.79 Å². The Bertz CT molecular complexity index is 804. The molecule has 0 aliphatic rings. The van der Waals surface area contributed by atoms with Crippen LogP contribution in [0.25, 0.3) is 0 Å². The standard InChI is InChI=1S/C19H20ClNO4/c1-11-5-7-16(12(2)9-11)21-18(22)13(3)25-19(23)15-10-14(20)6-8-17(15)24-4/h5-10,13H,1-4H3,(H,21,22)/t13-/m1/s1. The van der Waals surface area contributed by atoms with Crippen LogP contribution in [0.5, 0.6) is 5.75 Å². The highest BCUT2D eigenvalue weighted by Crippen LogP contribution is 2.24. The minimum absolute atomic E-state index is 0.168. The Morgan fingerprint density at radius 2 is 1.84 bits per heavy atom. The number of benzene rings is 2. The quantitative estimate of drug-likeness (QED) is 0.812. The summed E-state index contributed by atoms with van der Waals surface area (Å²) in [5.41, 5.74) is 2.88. The molecule has 1 atom stereocenters. The zero-order chi connectivity index (χ0) is 18.6. The number of amides is 1. The lowest BCUT2D eigenvalue weighted by molar-refractivity contribution is -0.123. The van der Waals surface area contributed by atoms with Crippen molar-refractivity contribution >= 4 is 29.2 Å². The molecule has 0 saturated carbocycles. The Hall–Kier alpha value is -2.53. The molecule has 0 unspecified atom stereocenters. The van der Waals surface area contributed by atoms with E-state index in [0.29, 0.717) is 16.5 Å². The maximum Gasteiger partial charge on any atom is 0.342 e. The molecule has 1 amide bonds. The van der Waals surface area contributed by atoms with Gasteiger partial charge in [0.2, 0.25) is 0 Å². The van der Waals surface area contributed by atoms with Gasteiger partial charge < -0.3 is 14.8 Å². The third kappa shape index (κ3) is 4.73. The topological polar surface area (TPSA) is 64.6 Å². The average molecular weight is 362 g/mol. The van der Waals surface area contributed by atoms with Crippen LogP contribution < -0.4 is 10.1 Å². The summed E-state index contributed by atoms with van der Waals surface area (Å²) >= 11 is 5.91. The van der Waals surface area contributed by atoms with E-state index in [1.165, 1.54) is 20.1 Å². The second-order valence-electron chi connectivity index (χ2n) is 5.70. The first-order chi connectivity index (χ1) is 11.8. The van der Waals surface area contributed by atoms with Gasteiger partial charge in [-0.15, -0.1) is 0 Å². The number of halogens is 1. The van der Waals surface area contributed by atoms with Crippen molar-refractivity contribution in [2.45, 2.75) is 26.9 Å². The SMILES string of the molecule is COc1ccc(Cl)cc1C(=O)O[C@H](C)C(=O)Nc1ccc(C)cc1C. The molecule has 0 spiro atoms. The van der Waals surface area contributed by atoms with Crippen LogP contribution in [0.4, 0.5) is 5.69 Å². The summed E-state index contributed by atoms with van der Waals surface area (Å²) in [5.74, 6) is -0.764. The lowest BCUT2D eigenvalue weighted by Gasteiger charge is -2.16. The number of hydrogen-bond donors (Lipinski definition) is 1. The first-order valence-electron chi connectivity index (χ1n) is 7.74. The molecule has 0 aromatic heterocycles. The molecular formula is C19H20ClNO4. The molecule has 2 rings (SSSR count). The number of nitrogens with one attached hydrogen (secondary N) is 1. The molecule has 1 N–H and O–H groups in total. The molecule has 6 heteroatoms. The van der Waals surface area contributed by atoms with E-state index in [9.17, 15) is 9.59 Å². The molecule has 5 nitrogen and oxygen atoms in total. The second-order valence-corrected chi connectivity index (χ2v) is 6.14. The normalized spacial score (nSPS) is 11.6. The van der Waals surface area contributed by atoms with Crippen molar-refractivity contribution in [3.05, 3.63) is 58.1 Å². The van der Waals surface area contributed by atoms with Gasteiger partial charge in [0.15, 0.2) is 6.10 Å². The highest BCUT2D eigenvalue weighted by atomic mass is 35.5. The van der Waals surface area contributed by atoms with E-state index in [0.717, 1.165) is 11.1 Å². The Kier molecular flexibility index (Phi) is 6.04. The van der Waals surface area contributed by atoms with Crippen molar-refractivity contribution in [3.63, 3.8) is 0 Å². The van der Waals surface area contributed by atoms with Crippen LogP contribution in [0.15, 0.2) is 36.4 Å². The van der Waals surface area contributed by atoms with Gasteiger partial charge in [0.1, 0.15) is 11.3 Å². The minimum atomic E-state index is -0.975. The first kappa shape index (κ1) is 18.8. The number of esters is 1. The highest BCUT2D eigenvalue weighted by molar-refractivity contribution is 6.31. The predicted octanol–water partition coefficient (Wildman–Crippen LogP) is 4.15. The van der Waals surface area contributed by atoms with Crippen molar-refractivity contribution in [1.82, 2.24) is 0 Å². The lowest BCUT2D eigenvalue weighted by Crippen LogP contribution is -2.30. The van der Waals surface area contributed by atoms with Crippen LogP contribution in [-0.4, -0.2) is 25.1 Å². The van der Waals surface area contributed by atoms with Crippen LogP contribution in [0.2, 0.25) is 5.02 Å². The Balaban J connectivity index is 2.08. The number of carbonyl (C=O) groups is 2. The molecule has 0 saturated heterocycles. The number of carbonyl (C=O) groups excluding carboxylic acids is 2. The van der Waals surface area contributed by atoms with Crippen molar-refractivity contribution in [1.29, 1.82) is 0 Å². The molecule has 0 bridgehead atoms. The lowest BCUT2D eigenvalue weighted by atomic mass is 10.1. The smallest absolute Gasteiger partial charge is 0.342 e. The molecule has 2 aromatic rings. The summed E-state index contributed by atoms with van der Waals surface area (Å²) < 4.78 is 10.4. The molecule has 0 heterocycles. The van der Waals surface area contributed by atoms with E-state index in [-0.39, 0.29) is 5.56 Å². The fourth-order valence-corrected chi connectivity index (χ4v) is 2.48. The van der Waals surface area contributed by atoms with Crippen molar-refractivity contribution in [2.75, 3.05) is 12.4 Å². The third-order valence-electron chi connectivity index (χ3n) is 3.67. The van der Waals surface area contributed by atoms with Crippen molar-refractivity contribution < 1.29 is 19.1 Å². The molecular weight excluding hydrogens is 342 g/mol. The number of methoxy groups -OCH3 is 1. The van der Waals surface area contributed by atoms with Gasteiger partial charge >= 0.3 is 5.97 Å². The van der Waals surface area contributed by atoms with Crippen LogP contribution in [0, 0.1) is 13.8 Å². The van der Waals surface area contributed by atoms with Crippen LogP contribution in [0.3, 0.4) is 0 Å². The van der Waals surface area contributed by atoms with E-state index < -0.39 is 18.0 Å². The van der Waals surface area contributed by atoms with Gasteiger partial charge in [0.05, 0.1) is 7.11 Å². The van der Waals surface area contributed by atoms with Gasteiger partial charge in [-0.05, 0) is 50.6 Å². The van der Waals surface area contributed by atoms with E-state index in [1.54, 1.807) is 12.1 Å². The fraction of sp³-hybridized carbons (Fsp3) is 0.263. The van der Waals surface area contributed by atoms with Crippen LogP contribution in [-0.2, 0) is 9.53 Å². The number of rotatable bonds is 5. The molecule has 0 aliphatic carbocycles. The summed E-state index contributed by atoms with van der Waals surface area (Å²) in [7, 11) is 1.44. The minimum Gasteiger partial charge on any atom is -0.496 e. The van der Waals surface area contributed by atoms with Gasteiger partial charge in [-0.25, -0.2) is 4.79 Å². The van der Waals surface area contributed by atoms with Crippen molar-refractivity contribution in [3.8, 4) is 5.75 Å². The van der Waals surface area contributed by atoms with Gasteiger partial charge in [-0.1, -0.05) is 29.3 Å². The predicted molar refractivity (Wildman–Crippen MR) is 97.4 cm³/mol. The van der Waals surface area contributed by atoms with Gasteiger partial charge in [0.25, 0.3) is 5.91 Å². The number of aryl methyl sites for hydroxylation is 2. The molecule has 0 fully saturated rings. The molecule has 132 valence electrons. The third-order valence-corrected chi connectivity index (χ3v) is 3.91. The van der Waals surface area contributed by atoms with Crippen LogP contribution in [0.1, 0.15) is 28.4 Å². The second kappa shape index (κ2) is 8.03. The van der Waals surface area contributed by atoms with Crippen molar-refractivity contribution in [2.24, 2.45) is 0 Å². The zero-order valence-electron chi connectivity index (χ0n) is 14.6. The maximum absolute atomic E-state index is 12.3. The summed E-state index contributed by atoms with van der Waals surface area (Å²) in [5, 5.41) is 3.14. The van der Waals surface area contributed by atoms with Gasteiger partial charge in [-0.2, -0.15) is 0 Å². The first-order valence-corrected chi connectivity index (χ1v) is 8.12.